The number of carbonyl (C=O) groups is 1. The number of rotatable bonds is 5. The van der Waals surface area contributed by atoms with Gasteiger partial charge in [-0.2, -0.15) is 0 Å². The molecule has 1 atom stereocenters. The SMILES string of the molecule is CCC(N)c1ccc2c(c1)N(CCc1ccccc1)C(=O)C(C)(C)O2. The van der Waals surface area contributed by atoms with Crippen LogP contribution in [0, 0.1) is 0 Å². The number of hydrogen-bond acceptors (Lipinski definition) is 3. The molecule has 0 aliphatic carbocycles. The van der Waals surface area contributed by atoms with E-state index in [-0.39, 0.29) is 11.9 Å². The summed E-state index contributed by atoms with van der Waals surface area (Å²) >= 11 is 0. The third-order valence-corrected chi connectivity index (χ3v) is 4.73. The molecule has 0 spiro atoms. The number of ether oxygens (including phenoxy) is 1. The summed E-state index contributed by atoms with van der Waals surface area (Å²) in [5, 5.41) is 0. The summed E-state index contributed by atoms with van der Waals surface area (Å²) < 4.78 is 5.95. The summed E-state index contributed by atoms with van der Waals surface area (Å²) in [6.07, 6.45) is 1.65. The molecule has 2 aromatic carbocycles. The van der Waals surface area contributed by atoms with Crippen LogP contribution >= 0.6 is 0 Å². The molecule has 1 aliphatic rings. The maximum Gasteiger partial charge on any atom is 0.270 e. The van der Waals surface area contributed by atoms with E-state index in [1.807, 2.05) is 55.1 Å². The molecule has 1 amide bonds. The Morgan fingerprint density at radius 3 is 2.56 bits per heavy atom. The molecule has 25 heavy (non-hydrogen) atoms. The molecule has 0 saturated heterocycles. The Bertz CT molecular complexity index is 756. The fourth-order valence-electron chi connectivity index (χ4n) is 3.16. The molecule has 0 radical (unpaired) electrons. The number of nitrogens with two attached hydrogens (primary N) is 1. The number of fused-ring (bicyclic) bond motifs is 1. The van der Waals surface area contributed by atoms with Crippen molar-refractivity contribution in [3.05, 3.63) is 59.7 Å². The average Bonchev–Trinajstić information content (AvgIpc) is 2.62. The molecule has 4 heteroatoms. The lowest BCUT2D eigenvalue weighted by Crippen LogP contribution is -2.53. The van der Waals surface area contributed by atoms with Crippen LogP contribution in [-0.4, -0.2) is 18.1 Å². The largest absolute Gasteiger partial charge is 0.476 e. The van der Waals surface area contributed by atoms with Crippen molar-refractivity contribution in [3.8, 4) is 5.75 Å². The molecule has 1 unspecified atom stereocenters. The zero-order chi connectivity index (χ0) is 18.0. The molecule has 132 valence electrons. The van der Waals surface area contributed by atoms with Crippen LogP contribution in [0.3, 0.4) is 0 Å². The first-order valence-electron chi connectivity index (χ1n) is 8.87. The van der Waals surface area contributed by atoms with Gasteiger partial charge >= 0.3 is 0 Å². The maximum atomic E-state index is 13.0. The smallest absolute Gasteiger partial charge is 0.270 e. The highest BCUT2D eigenvalue weighted by atomic mass is 16.5. The lowest BCUT2D eigenvalue weighted by atomic mass is 9.99. The molecule has 3 rings (SSSR count). The highest BCUT2D eigenvalue weighted by Crippen LogP contribution is 2.39. The molecule has 2 N–H and O–H groups in total. The van der Waals surface area contributed by atoms with Gasteiger partial charge < -0.3 is 15.4 Å². The van der Waals surface area contributed by atoms with Crippen LogP contribution in [0.4, 0.5) is 5.69 Å². The minimum absolute atomic E-state index is 0.0156. The standard InChI is InChI=1S/C21H26N2O2/c1-4-17(22)16-10-11-19-18(14-16)23(20(24)21(2,3)25-19)13-12-15-8-6-5-7-9-15/h5-11,14,17H,4,12-13,22H2,1-3H3. The second-order valence-electron chi connectivity index (χ2n) is 7.05. The van der Waals surface area contributed by atoms with Gasteiger partial charge in [-0.1, -0.05) is 43.3 Å². The Morgan fingerprint density at radius 1 is 1.16 bits per heavy atom. The zero-order valence-corrected chi connectivity index (χ0v) is 15.2. The van der Waals surface area contributed by atoms with Crippen LogP contribution in [0.1, 0.15) is 44.4 Å². The van der Waals surface area contributed by atoms with Gasteiger partial charge in [-0.05, 0) is 49.9 Å². The van der Waals surface area contributed by atoms with Crippen LogP contribution in [0.25, 0.3) is 0 Å². The third kappa shape index (κ3) is 3.54. The molecule has 0 bridgehead atoms. The predicted molar refractivity (Wildman–Crippen MR) is 101 cm³/mol. The van der Waals surface area contributed by atoms with Gasteiger partial charge in [0.05, 0.1) is 5.69 Å². The summed E-state index contributed by atoms with van der Waals surface area (Å²) in [7, 11) is 0. The summed E-state index contributed by atoms with van der Waals surface area (Å²) in [6.45, 7) is 6.31. The Balaban J connectivity index is 1.93. The van der Waals surface area contributed by atoms with Crippen molar-refractivity contribution < 1.29 is 9.53 Å². The molecular formula is C21H26N2O2. The Labute approximate surface area is 149 Å². The molecule has 1 aliphatic heterocycles. The predicted octanol–water partition coefficient (Wildman–Crippen LogP) is 3.84. The normalized spacial score (nSPS) is 17.0. The number of nitrogens with zero attached hydrogens (tertiary/aromatic N) is 1. The van der Waals surface area contributed by atoms with Crippen LogP contribution in [0.15, 0.2) is 48.5 Å². The minimum atomic E-state index is -0.863. The van der Waals surface area contributed by atoms with Crippen LogP contribution in [0.2, 0.25) is 0 Å². The summed E-state index contributed by atoms with van der Waals surface area (Å²) in [4.78, 5) is 14.8. The van der Waals surface area contributed by atoms with Gasteiger partial charge in [-0.25, -0.2) is 0 Å². The van der Waals surface area contributed by atoms with E-state index in [4.69, 9.17) is 10.5 Å². The average molecular weight is 338 g/mol. The van der Waals surface area contributed by atoms with Crippen LogP contribution < -0.4 is 15.4 Å². The van der Waals surface area contributed by atoms with Gasteiger partial charge in [0.15, 0.2) is 5.60 Å². The second kappa shape index (κ2) is 6.89. The van der Waals surface area contributed by atoms with Crippen LogP contribution in [-0.2, 0) is 11.2 Å². The molecule has 2 aromatic rings. The lowest BCUT2D eigenvalue weighted by molar-refractivity contribution is -0.132. The van der Waals surface area contributed by atoms with Gasteiger partial charge in [-0.15, -0.1) is 0 Å². The van der Waals surface area contributed by atoms with Crippen molar-refractivity contribution in [2.45, 2.75) is 45.3 Å². The van der Waals surface area contributed by atoms with Crippen molar-refractivity contribution in [2.75, 3.05) is 11.4 Å². The quantitative estimate of drug-likeness (QED) is 0.901. The number of hydrogen-bond donors (Lipinski definition) is 1. The van der Waals surface area contributed by atoms with E-state index in [1.54, 1.807) is 0 Å². The highest BCUT2D eigenvalue weighted by Gasteiger charge is 2.40. The Hall–Kier alpha value is -2.33. The molecule has 0 fully saturated rings. The van der Waals surface area contributed by atoms with Crippen molar-refractivity contribution in [1.82, 2.24) is 0 Å². The maximum absolute atomic E-state index is 13.0. The van der Waals surface area contributed by atoms with Crippen molar-refractivity contribution in [2.24, 2.45) is 5.73 Å². The van der Waals surface area contributed by atoms with E-state index in [9.17, 15) is 4.79 Å². The van der Waals surface area contributed by atoms with Gasteiger partial charge in [-0.3, -0.25) is 4.79 Å². The second-order valence-corrected chi connectivity index (χ2v) is 7.05. The van der Waals surface area contributed by atoms with Crippen LogP contribution in [0.5, 0.6) is 5.75 Å². The van der Waals surface area contributed by atoms with E-state index in [2.05, 4.69) is 19.1 Å². The molecule has 0 saturated carbocycles. The van der Waals surface area contributed by atoms with Gasteiger partial charge in [0, 0.05) is 12.6 Å². The van der Waals surface area contributed by atoms with E-state index in [0.29, 0.717) is 6.54 Å². The van der Waals surface area contributed by atoms with Gasteiger partial charge in [0.25, 0.3) is 5.91 Å². The lowest BCUT2D eigenvalue weighted by Gasteiger charge is -2.39. The van der Waals surface area contributed by atoms with E-state index in [1.165, 1.54) is 5.56 Å². The first-order valence-corrected chi connectivity index (χ1v) is 8.87. The van der Waals surface area contributed by atoms with Crippen molar-refractivity contribution >= 4 is 11.6 Å². The highest BCUT2D eigenvalue weighted by molar-refractivity contribution is 6.02. The molecule has 4 nitrogen and oxygen atoms in total. The molecule has 0 aromatic heterocycles. The van der Waals surface area contributed by atoms with E-state index < -0.39 is 5.60 Å². The Morgan fingerprint density at radius 2 is 1.88 bits per heavy atom. The van der Waals surface area contributed by atoms with Gasteiger partial charge in [0.2, 0.25) is 0 Å². The number of carbonyl (C=O) groups excluding carboxylic acids is 1. The summed E-state index contributed by atoms with van der Waals surface area (Å²) in [5.74, 6) is 0.725. The van der Waals surface area contributed by atoms with E-state index >= 15 is 0 Å². The van der Waals surface area contributed by atoms with Crippen molar-refractivity contribution in [3.63, 3.8) is 0 Å². The minimum Gasteiger partial charge on any atom is -0.476 e. The fraction of sp³-hybridized carbons (Fsp3) is 0.381. The third-order valence-electron chi connectivity index (χ3n) is 4.73. The molecular weight excluding hydrogens is 312 g/mol. The first kappa shape index (κ1) is 17.5. The topological polar surface area (TPSA) is 55.6 Å². The monoisotopic (exact) mass is 338 g/mol. The number of amides is 1. The van der Waals surface area contributed by atoms with E-state index in [0.717, 1.165) is 29.8 Å². The Kier molecular flexibility index (Phi) is 4.82. The van der Waals surface area contributed by atoms with Gasteiger partial charge in [0.1, 0.15) is 5.75 Å². The first-order chi connectivity index (χ1) is 11.9. The zero-order valence-electron chi connectivity index (χ0n) is 15.2. The van der Waals surface area contributed by atoms with Crippen molar-refractivity contribution in [1.29, 1.82) is 0 Å². The number of anilines is 1. The molecule has 1 heterocycles. The fourth-order valence-corrected chi connectivity index (χ4v) is 3.16. The summed E-state index contributed by atoms with van der Waals surface area (Å²) in [5.41, 5.74) is 8.38. The summed E-state index contributed by atoms with van der Waals surface area (Å²) in [6, 6.07) is 16.1. The number of benzene rings is 2.